The van der Waals surface area contributed by atoms with Crippen molar-refractivity contribution in [3.8, 4) is 0 Å². The van der Waals surface area contributed by atoms with Gasteiger partial charge in [0.25, 0.3) is 5.91 Å². The van der Waals surface area contributed by atoms with Crippen LogP contribution in [0.15, 0.2) is 23.2 Å². The molecular weight excluding hydrogens is 418 g/mol. The van der Waals surface area contributed by atoms with Gasteiger partial charge < -0.3 is 10.6 Å². The van der Waals surface area contributed by atoms with Crippen LogP contribution in [-0.4, -0.2) is 48.3 Å². The third-order valence-corrected chi connectivity index (χ3v) is 8.95. The number of rotatable bonds is 3. The van der Waals surface area contributed by atoms with Gasteiger partial charge >= 0.3 is 0 Å². The first-order valence-electron chi connectivity index (χ1n) is 9.72. The molecule has 0 unspecified atom stereocenters. The third kappa shape index (κ3) is 4.66. The fourth-order valence-electron chi connectivity index (χ4n) is 3.99. The minimum atomic E-state index is -2.98. The SMILES string of the molecule is O=C(NC1CCCCCC1)c1ccc(Cl)c(NC2=N[C@H]3CS(=O)(=O)C[C@H]3S2)c1. The van der Waals surface area contributed by atoms with Crippen molar-refractivity contribution in [3.63, 3.8) is 0 Å². The fraction of sp³-hybridized carbons (Fsp3) is 0.579. The zero-order valence-electron chi connectivity index (χ0n) is 15.5. The van der Waals surface area contributed by atoms with Gasteiger partial charge in [-0.05, 0) is 31.0 Å². The number of hydrogen-bond donors (Lipinski definition) is 2. The van der Waals surface area contributed by atoms with E-state index in [9.17, 15) is 13.2 Å². The van der Waals surface area contributed by atoms with E-state index in [1.54, 1.807) is 18.2 Å². The molecule has 3 aliphatic rings. The average Bonchev–Trinajstić information content (AvgIpc) is 2.98. The van der Waals surface area contributed by atoms with Gasteiger partial charge in [-0.15, -0.1) is 0 Å². The molecule has 1 saturated carbocycles. The van der Waals surface area contributed by atoms with Crippen molar-refractivity contribution < 1.29 is 13.2 Å². The van der Waals surface area contributed by atoms with Gasteiger partial charge in [0.1, 0.15) is 0 Å². The first-order chi connectivity index (χ1) is 13.4. The molecule has 2 aliphatic heterocycles. The molecule has 6 nitrogen and oxygen atoms in total. The Bertz CT molecular complexity index is 896. The van der Waals surface area contributed by atoms with E-state index in [0.29, 0.717) is 21.4 Å². The summed E-state index contributed by atoms with van der Waals surface area (Å²) in [5.41, 5.74) is 1.17. The summed E-state index contributed by atoms with van der Waals surface area (Å²) in [4.78, 5) is 17.2. The predicted molar refractivity (Wildman–Crippen MR) is 115 cm³/mol. The van der Waals surface area contributed by atoms with E-state index in [0.717, 1.165) is 25.7 Å². The summed E-state index contributed by atoms with van der Waals surface area (Å²) in [6.45, 7) is 0. The summed E-state index contributed by atoms with van der Waals surface area (Å²) in [6, 6.07) is 5.21. The Morgan fingerprint density at radius 3 is 2.61 bits per heavy atom. The Morgan fingerprint density at radius 1 is 1.14 bits per heavy atom. The molecular formula is C19H24ClN3O3S2. The zero-order valence-corrected chi connectivity index (χ0v) is 17.9. The standard InChI is InChI=1S/C19H24ClN3O3S2/c20-14-8-7-12(18(24)21-13-5-3-1-2-4-6-13)9-15(14)22-19-23-16-10-28(25,26)11-17(16)27-19/h7-9,13,16-17H,1-6,10-11H2,(H,21,24)(H,22,23)/t16-,17+/m0/s1. The summed E-state index contributed by atoms with van der Waals surface area (Å²) in [5, 5.41) is 7.45. The second kappa shape index (κ2) is 8.24. The number of hydrogen-bond acceptors (Lipinski definition) is 6. The second-order valence-electron chi connectivity index (χ2n) is 7.72. The van der Waals surface area contributed by atoms with Crippen LogP contribution < -0.4 is 10.6 Å². The molecule has 0 radical (unpaired) electrons. The summed E-state index contributed by atoms with van der Waals surface area (Å²) < 4.78 is 23.4. The highest BCUT2D eigenvalue weighted by Gasteiger charge is 2.42. The lowest BCUT2D eigenvalue weighted by atomic mass is 10.1. The van der Waals surface area contributed by atoms with Gasteiger partial charge in [-0.3, -0.25) is 9.79 Å². The number of anilines is 1. The number of halogens is 1. The van der Waals surface area contributed by atoms with Gasteiger partial charge in [0.05, 0.1) is 28.3 Å². The molecule has 1 aromatic rings. The van der Waals surface area contributed by atoms with Gasteiger partial charge in [-0.2, -0.15) is 0 Å². The maximum Gasteiger partial charge on any atom is 0.251 e. The van der Waals surface area contributed by atoms with Gasteiger partial charge in [-0.1, -0.05) is 49.0 Å². The Labute approximate surface area is 174 Å². The number of sulfone groups is 1. The smallest absolute Gasteiger partial charge is 0.251 e. The normalized spacial score (nSPS) is 27.0. The van der Waals surface area contributed by atoms with Crippen molar-refractivity contribution in [2.75, 3.05) is 16.8 Å². The highest BCUT2D eigenvalue weighted by atomic mass is 35.5. The molecule has 1 amide bonds. The molecule has 0 spiro atoms. The van der Waals surface area contributed by atoms with E-state index in [-0.39, 0.29) is 34.7 Å². The van der Waals surface area contributed by atoms with Crippen LogP contribution in [0.4, 0.5) is 5.69 Å². The van der Waals surface area contributed by atoms with Crippen LogP contribution in [0.2, 0.25) is 5.02 Å². The number of carbonyl (C=O) groups excluding carboxylic acids is 1. The van der Waals surface area contributed by atoms with Crippen molar-refractivity contribution in [3.05, 3.63) is 28.8 Å². The van der Waals surface area contributed by atoms with Crippen molar-refractivity contribution in [2.45, 2.75) is 55.9 Å². The van der Waals surface area contributed by atoms with Crippen LogP contribution >= 0.6 is 23.4 Å². The number of thioether (sulfide) groups is 1. The van der Waals surface area contributed by atoms with Crippen LogP contribution in [0.5, 0.6) is 0 Å². The molecule has 1 aromatic carbocycles. The number of nitrogens with one attached hydrogen (secondary N) is 2. The van der Waals surface area contributed by atoms with Crippen LogP contribution in [-0.2, 0) is 9.84 Å². The Morgan fingerprint density at radius 2 is 1.89 bits per heavy atom. The predicted octanol–water partition coefficient (Wildman–Crippen LogP) is 3.47. The minimum Gasteiger partial charge on any atom is -0.349 e. The molecule has 2 fully saturated rings. The lowest BCUT2D eigenvalue weighted by Crippen LogP contribution is -2.34. The summed E-state index contributed by atoms with van der Waals surface area (Å²) in [6.07, 6.45) is 6.86. The first-order valence-corrected chi connectivity index (χ1v) is 12.8. The zero-order chi connectivity index (χ0) is 19.7. The molecule has 1 saturated heterocycles. The Balaban J connectivity index is 1.43. The average molecular weight is 442 g/mol. The topological polar surface area (TPSA) is 87.6 Å². The molecule has 0 aromatic heterocycles. The van der Waals surface area contributed by atoms with Gasteiger partial charge in [0.15, 0.2) is 15.0 Å². The van der Waals surface area contributed by atoms with Gasteiger partial charge in [0, 0.05) is 16.9 Å². The minimum absolute atomic E-state index is 0.0343. The number of nitrogens with zero attached hydrogens (tertiary/aromatic N) is 1. The summed E-state index contributed by atoms with van der Waals surface area (Å²) in [5.74, 6) is 0.178. The van der Waals surface area contributed by atoms with Crippen molar-refractivity contribution in [1.29, 1.82) is 0 Å². The van der Waals surface area contributed by atoms with E-state index >= 15 is 0 Å². The van der Waals surface area contributed by atoms with E-state index in [2.05, 4.69) is 15.6 Å². The van der Waals surface area contributed by atoms with Crippen LogP contribution in [0.25, 0.3) is 0 Å². The highest BCUT2D eigenvalue weighted by molar-refractivity contribution is 8.15. The maximum atomic E-state index is 12.7. The largest absolute Gasteiger partial charge is 0.349 e. The molecule has 0 bridgehead atoms. The number of amides is 1. The summed E-state index contributed by atoms with van der Waals surface area (Å²) in [7, 11) is -2.98. The van der Waals surface area contributed by atoms with Crippen LogP contribution in [0.1, 0.15) is 48.9 Å². The number of amidine groups is 1. The van der Waals surface area contributed by atoms with Crippen molar-refractivity contribution in [1.82, 2.24) is 5.32 Å². The lowest BCUT2D eigenvalue weighted by Gasteiger charge is -2.17. The quantitative estimate of drug-likeness (QED) is 0.701. The summed E-state index contributed by atoms with van der Waals surface area (Å²) >= 11 is 7.74. The van der Waals surface area contributed by atoms with Crippen molar-refractivity contribution >= 4 is 50.0 Å². The van der Waals surface area contributed by atoms with E-state index in [1.807, 2.05) is 0 Å². The Kier molecular flexibility index (Phi) is 5.90. The van der Waals surface area contributed by atoms with Crippen molar-refractivity contribution in [2.24, 2.45) is 4.99 Å². The number of fused-ring (bicyclic) bond motifs is 1. The maximum absolute atomic E-state index is 12.7. The third-order valence-electron chi connectivity index (χ3n) is 5.48. The number of aliphatic imine (C=N–C) groups is 1. The molecule has 1 aliphatic carbocycles. The molecule has 2 N–H and O–H groups in total. The second-order valence-corrected chi connectivity index (χ2v) is 11.5. The highest BCUT2D eigenvalue weighted by Crippen LogP contribution is 2.35. The molecule has 28 heavy (non-hydrogen) atoms. The van der Waals surface area contributed by atoms with Crippen LogP contribution in [0.3, 0.4) is 0 Å². The van der Waals surface area contributed by atoms with E-state index in [4.69, 9.17) is 11.6 Å². The van der Waals surface area contributed by atoms with Gasteiger partial charge in [-0.25, -0.2) is 8.42 Å². The van der Waals surface area contributed by atoms with E-state index < -0.39 is 9.84 Å². The molecule has 9 heteroatoms. The molecule has 4 rings (SSSR count). The fourth-order valence-corrected chi connectivity index (χ4v) is 7.82. The number of carbonyl (C=O) groups is 1. The van der Waals surface area contributed by atoms with E-state index in [1.165, 1.54) is 24.6 Å². The molecule has 2 heterocycles. The first kappa shape index (κ1) is 20.0. The molecule has 152 valence electrons. The number of benzene rings is 1. The molecule has 2 atom stereocenters. The lowest BCUT2D eigenvalue weighted by molar-refractivity contribution is 0.0933. The van der Waals surface area contributed by atoms with Gasteiger partial charge in [0.2, 0.25) is 0 Å². The Hall–Kier alpha value is -1.25. The monoisotopic (exact) mass is 441 g/mol. The van der Waals surface area contributed by atoms with Crippen LogP contribution in [0, 0.1) is 0 Å².